The van der Waals surface area contributed by atoms with Crippen molar-refractivity contribution in [2.24, 2.45) is 7.05 Å². The number of thiophene rings is 1. The molecule has 0 aliphatic carbocycles. The Kier molecular flexibility index (Phi) is 3.86. The van der Waals surface area contributed by atoms with Gasteiger partial charge in [0.15, 0.2) is 0 Å². The van der Waals surface area contributed by atoms with Gasteiger partial charge in [0.05, 0.1) is 23.1 Å². The van der Waals surface area contributed by atoms with E-state index in [1.54, 1.807) is 11.3 Å². The Morgan fingerprint density at radius 3 is 2.82 bits per heavy atom. The Morgan fingerprint density at radius 2 is 2.35 bits per heavy atom. The molecule has 0 radical (unpaired) electrons. The number of nitrogens with one attached hydrogen (secondary N) is 1. The lowest BCUT2D eigenvalue weighted by Gasteiger charge is -2.14. The summed E-state index contributed by atoms with van der Waals surface area (Å²) in [7, 11) is 1.97. The van der Waals surface area contributed by atoms with Crippen molar-refractivity contribution in [1.82, 2.24) is 14.9 Å². The highest BCUT2D eigenvalue weighted by Crippen LogP contribution is 2.35. The molecule has 0 bridgehead atoms. The molecule has 2 heterocycles. The van der Waals surface area contributed by atoms with Gasteiger partial charge in [-0.25, -0.2) is 4.98 Å². The number of hydrogen-bond donors (Lipinski definition) is 1. The summed E-state index contributed by atoms with van der Waals surface area (Å²) >= 11 is 8.02. The molecule has 2 aromatic heterocycles. The highest BCUT2D eigenvalue weighted by molar-refractivity contribution is 7.10. The summed E-state index contributed by atoms with van der Waals surface area (Å²) in [5.74, 6) is 0. The standard InChI is InChI=1S/C12H16ClN3S/c1-4-14-11(9-5-16(3)7-15-9)12-10(13)8(2)6-17-12/h5-7,11,14H,4H2,1-3H3. The molecular formula is C12H16ClN3S. The molecular weight excluding hydrogens is 254 g/mol. The van der Waals surface area contributed by atoms with Crippen LogP contribution in [0.2, 0.25) is 5.02 Å². The summed E-state index contributed by atoms with van der Waals surface area (Å²) in [5.41, 5.74) is 2.14. The van der Waals surface area contributed by atoms with Gasteiger partial charge in [-0.05, 0) is 24.4 Å². The van der Waals surface area contributed by atoms with Crippen LogP contribution in [0.1, 0.15) is 29.1 Å². The average Bonchev–Trinajstić information content (AvgIpc) is 2.85. The predicted molar refractivity (Wildman–Crippen MR) is 72.8 cm³/mol. The Balaban J connectivity index is 2.38. The van der Waals surface area contributed by atoms with E-state index in [9.17, 15) is 0 Å². The van der Waals surface area contributed by atoms with E-state index < -0.39 is 0 Å². The van der Waals surface area contributed by atoms with E-state index in [2.05, 4.69) is 22.6 Å². The van der Waals surface area contributed by atoms with Gasteiger partial charge in [0.25, 0.3) is 0 Å². The monoisotopic (exact) mass is 269 g/mol. The third kappa shape index (κ3) is 2.54. The quantitative estimate of drug-likeness (QED) is 0.924. The molecule has 5 heteroatoms. The van der Waals surface area contributed by atoms with Crippen molar-refractivity contribution < 1.29 is 0 Å². The lowest BCUT2D eigenvalue weighted by molar-refractivity contribution is 0.626. The SMILES string of the molecule is CCNC(c1cn(C)cn1)c1scc(C)c1Cl. The fourth-order valence-corrected chi connectivity index (χ4v) is 3.15. The zero-order chi connectivity index (χ0) is 12.4. The number of aromatic nitrogens is 2. The normalized spacial score (nSPS) is 12.9. The minimum absolute atomic E-state index is 0.0902. The van der Waals surface area contributed by atoms with Crippen LogP contribution >= 0.6 is 22.9 Å². The van der Waals surface area contributed by atoms with E-state index in [-0.39, 0.29) is 6.04 Å². The van der Waals surface area contributed by atoms with E-state index in [1.807, 2.05) is 31.1 Å². The van der Waals surface area contributed by atoms with Crippen LogP contribution in [0.3, 0.4) is 0 Å². The van der Waals surface area contributed by atoms with Gasteiger partial charge in [-0.2, -0.15) is 0 Å². The number of hydrogen-bond acceptors (Lipinski definition) is 3. The predicted octanol–water partition coefficient (Wildman–Crippen LogP) is 3.14. The van der Waals surface area contributed by atoms with Crippen molar-refractivity contribution in [2.75, 3.05) is 6.54 Å². The highest BCUT2D eigenvalue weighted by atomic mass is 35.5. The maximum Gasteiger partial charge on any atom is 0.0947 e. The van der Waals surface area contributed by atoms with Crippen molar-refractivity contribution in [3.8, 4) is 0 Å². The summed E-state index contributed by atoms with van der Waals surface area (Å²) in [5, 5.41) is 6.37. The molecule has 0 aliphatic rings. The van der Waals surface area contributed by atoms with Crippen LogP contribution in [0, 0.1) is 6.92 Å². The van der Waals surface area contributed by atoms with Crippen molar-refractivity contribution in [3.05, 3.63) is 39.1 Å². The fraction of sp³-hybridized carbons (Fsp3) is 0.417. The number of aryl methyl sites for hydroxylation is 2. The second-order valence-corrected chi connectivity index (χ2v) is 5.34. The lowest BCUT2D eigenvalue weighted by atomic mass is 10.1. The molecule has 0 aliphatic heterocycles. The molecule has 2 rings (SSSR count). The number of nitrogens with zero attached hydrogens (tertiary/aromatic N) is 2. The van der Waals surface area contributed by atoms with Crippen LogP contribution in [0.5, 0.6) is 0 Å². The smallest absolute Gasteiger partial charge is 0.0947 e. The fourth-order valence-electron chi connectivity index (χ4n) is 1.76. The molecule has 1 unspecified atom stereocenters. The van der Waals surface area contributed by atoms with Gasteiger partial charge in [0.1, 0.15) is 0 Å². The Morgan fingerprint density at radius 1 is 1.59 bits per heavy atom. The van der Waals surface area contributed by atoms with Crippen LogP contribution in [0.4, 0.5) is 0 Å². The van der Waals surface area contributed by atoms with Gasteiger partial charge in [-0.15, -0.1) is 11.3 Å². The minimum atomic E-state index is 0.0902. The molecule has 2 aromatic rings. The third-order valence-electron chi connectivity index (χ3n) is 2.62. The van der Waals surface area contributed by atoms with Crippen LogP contribution in [-0.4, -0.2) is 16.1 Å². The van der Waals surface area contributed by atoms with Gasteiger partial charge in [0, 0.05) is 18.1 Å². The molecule has 0 fully saturated rings. The van der Waals surface area contributed by atoms with Crippen molar-refractivity contribution >= 4 is 22.9 Å². The first kappa shape index (κ1) is 12.6. The Labute approximate surface area is 110 Å². The maximum absolute atomic E-state index is 6.33. The molecule has 92 valence electrons. The summed E-state index contributed by atoms with van der Waals surface area (Å²) in [6, 6.07) is 0.0902. The summed E-state index contributed by atoms with van der Waals surface area (Å²) < 4.78 is 1.95. The lowest BCUT2D eigenvalue weighted by Crippen LogP contribution is -2.21. The molecule has 0 aromatic carbocycles. The molecule has 0 amide bonds. The molecule has 1 N–H and O–H groups in total. The molecule has 3 nitrogen and oxygen atoms in total. The number of imidazole rings is 1. The maximum atomic E-state index is 6.33. The van der Waals surface area contributed by atoms with Crippen LogP contribution in [-0.2, 0) is 7.05 Å². The van der Waals surface area contributed by atoms with Crippen molar-refractivity contribution in [1.29, 1.82) is 0 Å². The molecule has 0 saturated heterocycles. The summed E-state index contributed by atoms with van der Waals surface area (Å²) in [6.45, 7) is 5.00. The topological polar surface area (TPSA) is 29.9 Å². The third-order valence-corrected chi connectivity index (χ3v) is 4.40. The van der Waals surface area contributed by atoms with Crippen molar-refractivity contribution in [2.45, 2.75) is 19.9 Å². The van der Waals surface area contributed by atoms with Crippen LogP contribution in [0.15, 0.2) is 17.9 Å². The van der Waals surface area contributed by atoms with E-state index in [4.69, 9.17) is 11.6 Å². The van der Waals surface area contributed by atoms with Gasteiger partial charge >= 0.3 is 0 Å². The van der Waals surface area contributed by atoms with E-state index in [0.29, 0.717) is 0 Å². The van der Waals surface area contributed by atoms with E-state index in [1.165, 1.54) is 0 Å². The second-order valence-electron chi connectivity index (χ2n) is 4.05. The van der Waals surface area contributed by atoms with Crippen molar-refractivity contribution in [3.63, 3.8) is 0 Å². The second kappa shape index (κ2) is 5.21. The largest absolute Gasteiger partial charge is 0.340 e. The summed E-state index contributed by atoms with van der Waals surface area (Å²) in [6.07, 6.45) is 3.84. The van der Waals surface area contributed by atoms with E-state index in [0.717, 1.165) is 27.7 Å². The average molecular weight is 270 g/mol. The van der Waals surface area contributed by atoms with Crippen LogP contribution < -0.4 is 5.32 Å². The minimum Gasteiger partial charge on any atom is -0.340 e. The first-order valence-electron chi connectivity index (χ1n) is 5.58. The molecule has 17 heavy (non-hydrogen) atoms. The van der Waals surface area contributed by atoms with Gasteiger partial charge in [0.2, 0.25) is 0 Å². The zero-order valence-corrected chi connectivity index (χ0v) is 11.8. The Bertz CT molecular complexity index is 504. The number of rotatable bonds is 4. The van der Waals surface area contributed by atoms with E-state index >= 15 is 0 Å². The summed E-state index contributed by atoms with van der Waals surface area (Å²) in [4.78, 5) is 5.55. The van der Waals surface area contributed by atoms with Crippen LogP contribution in [0.25, 0.3) is 0 Å². The van der Waals surface area contributed by atoms with Gasteiger partial charge in [-0.1, -0.05) is 18.5 Å². The van der Waals surface area contributed by atoms with Gasteiger partial charge < -0.3 is 9.88 Å². The highest BCUT2D eigenvalue weighted by Gasteiger charge is 2.20. The Hall–Kier alpha value is -0.840. The number of halogens is 1. The molecule has 0 saturated carbocycles. The zero-order valence-electron chi connectivity index (χ0n) is 10.2. The first-order chi connectivity index (χ1) is 8.13. The first-order valence-corrected chi connectivity index (χ1v) is 6.84. The molecule has 1 atom stereocenters. The van der Waals surface area contributed by atoms with Gasteiger partial charge in [-0.3, -0.25) is 0 Å². The molecule has 0 spiro atoms.